The molecule has 0 radical (unpaired) electrons. The molecule has 18 heavy (non-hydrogen) atoms. The summed E-state index contributed by atoms with van der Waals surface area (Å²) in [6.45, 7) is 6.39. The zero-order valence-electron chi connectivity index (χ0n) is 11.2. The van der Waals surface area contributed by atoms with Crippen molar-refractivity contribution in [2.75, 3.05) is 5.32 Å². The summed E-state index contributed by atoms with van der Waals surface area (Å²) in [4.78, 5) is 0. The van der Waals surface area contributed by atoms with Crippen molar-refractivity contribution >= 4 is 21.6 Å². The third kappa shape index (κ3) is 2.58. The van der Waals surface area contributed by atoms with Gasteiger partial charge in [-0.25, -0.2) is 0 Å². The molecule has 1 heterocycles. The van der Waals surface area contributed by atoms with Crippen LogP contribution in [0.4, 0.5) is 5.69 Å². The molecule has 1 N–H and O–H groups in total. The summed E-state index contributed by atoms with van der Waals surface area (Å²) in [6, 6.07) is 6.54. The van der Waals surface area contributed by atoms with E-state index in [-0.39, 0.29) is 6.04 Å². The first-order chi connectivity index (χ1) is 8.49. The molecular formula is C14H18BrN3. The highest BCUT2D eigenvalue weighted by molar-refractivity contribution is 9.10. The van der Waals surface area contributed by atoms with Crippen molar-refractivity contribution in [1.82, 2.24) is 9.78 Å². The summed E-state index contributed by atoms with van der Waals surface area (Å²) in [5.41, 5.74) is 4.87. The van der Waals surface area contributed by atoms with Crippen molar-refractivity contribution in [2.24, 2.45) is 7.05 Å². The third-order valence-electron chi connectivity index (χ3n) is 3.16. The Balaban J connectivity index is 2.27. The summed E-state index contributed by atoms with van der Waals surface area (Å²) in [7, 11) is 1.97. The Morgan fingerprint density at radius 1 is 1.28 bits per heavy atom. The molecule has 96 valence electrons. The number of nitrogens with one attached hydrogen (secondary N) is 1. The van der Waals surface area contributed by atoms with Crippen molar-refractivity contribution in [3.05, 3.63) is 45.7 Å². The molecule has 0 aliphatic heterocycles. The normalized spacial score (nSPS) is 12.5. The SMILES string of the molecule is Cc1cc(Br)cc(C)c1NC(C)c1ccnn1C. The number of hydrogen-bond acceptors (Lipinski definition) is 2. The average Bonchev–Trinajstić information content (AvgIpc) is 2.69. The van der Waals surface area contributed by atoms with Crippen LogP contribution in [-0.2, 0) is 7.05 Å². The predicted octanol–water partition coefficient (Wildman–Crippen LogP) is 3.97. The molecule has 0 aliphatic rings. The van der Waals surface area contributed by atoms with E-state index >= 15 is 0 Å². The summed E-state index contributed by atoms with van der Waals surface area (Å²) >= 11 is 3.52. The molecule has 0 aliphatic carbocycles. The van der Waals surface area contributed by atoms with E-state index in [0.717, 1.165) is 4.47 Å². The van der Waals surface area contributed by atoms with Gasteiger partial charge < -0.3 is 5.32 Å². The lowest BCUT2D eigenvalue weighted by atomic mass is 10.1. The monoisotopic (exact) mass is 307 g/mol. The van der Waals surface area contributed by atoms with Crippen molar-refractivity contribution in [3.63, 3.8) is 0 Å². The summed E-state index contributed by atoms with van der Waals surface area (Å²) in [6.07, 6.45) is 1.83. The molecule has 1 atom stereocenters. The molecule has 2 rings (SSSR count). The van der Waals surface area contributed by atoms with Gasteiger partial charge in [0.15, 0.2) is 0 Å². The maximum absolute atomic E-state index is 4.21. The van der Waals surface area contributed by atoms with Gasteiger partial charge in [-0.1, -0.05) is 15.9 Å². The first kappa shape index (κ1) is 13.1. The number of benzene rings is 1. The quantitative estimate of drug-likeness (QED) is 0.929. The lowest BCUT2D eigenvalue weighted by molar-refractivity contribution is 0.675. The van der Waals surface area contributed by atoms with Gasteiger partial charge in [-0.3, -0.25) is 4.68 Å². The molecule has 0 bridgehead atoms. The van der Waals surface area contributed by atoms with E-state index in [9.17, 15) is 0 Å². The fraction of sp³-hybridized carbons (Fsp3) is 0.357. The van der Waals surface area contributed by atoms with Crippen LogP contribution in [0.15, 0.2) is 28.9 Å². The van der Waals surface area contributed by atoms with Crippen LogP contribution in [0, 0.1) is 13.8 Å². The van der Waals surface area contributed by atoms with Gasteiger partial charge in [0.25, 0.3) is 0 Å². The number of anilines is 1. The fourth-order valence-corrected chi connectivity index (χ4v) is 2.92. The molecule has 4 heteroatoms. The molecule has 0 saturated heterocycles. The Morgan fingerprint density at radius 3 is 2.39 bits per heavy atom. The molecular weight excluding hydrogens is 290 g/mol. The highest BCUT2D eigenvalue weighted by Gasteiger charge is 2.12. The number of aromatic nitrogens is 2. The van der Waals surface area contributed by atoms with Gasteiger partial charge in [0.05, 0.1) is 11.7 Å². The standard InChI is InChI=1S/C14H18BrN3/c1-9-7-12(15)8-10(2)14(9)17-11(3)13-5-6-16-18(13)4/h5-8,11,17H,1-4H3. The van der Waals surface area contributed by atoms with Crippen LogP contribution in [0.5, 0.6) is 0 Å². The van der Waals surface area contributed by atoms with Crippen molar-refractivity contribution in [3.8, 4) is 0 Å². The third-order valence-corrected chi connectivity index (χ3v) is 3.62. The Bertz CT molecular complexity index is 537. The number of rotatable bonds is 3. The van der Waals surface area contributed by atoms with Crippen LogP contribution in [0.2, 0.25) is 0 Å². The second-order valence-corrected chi connectivity index (χ2v) is 5.58. The fourth-order valence-electron chi connectivity index (χ4n) is 2.24. The van der Waals surface area contributed by atoms with Gasteiger partial charge in [-0.2, -0.15) is 5.10 Å². The van der Waals surface area contributed by atoms with E-state index in [1.807, 2.05) is 24.0 Å². The molecule has 0 saturated carbocycles. The molecule has 3 nitrogen and oxygen atoms in total. The summed E-state index contributed by atoms with van der Waals surface area (Å²) in [5.74, 6) is 0. The minimum Gasteiger partial charge on any atom is -0.377 e. The molecule has 1 aromatic carbocycles. The first-order valence-electron chi connectivity index (χ1n) is 6.00. The van der Waals surface area contributed by atoms with Gasteiger partial charge >= 0.3 is 0 Å². The number of hydrogen-bond donors (Lipinski definition) is 1. The van der Waals surface area contributed by atoms with E-state index in [4.69, 9.17) is 0 Å². The molecule has 2 aromatic rings. The Labute approximate surface area is 116 Å². The van der Waals surface area contributed by atoms with Gasteiger partial charge in [-0.15, -0.1) is 0 Å². The smallest absolute Gasteiger partial charge is 0.0654 e. The maximum Gasteiger partial charge on any atom is 0.0654 e. The topological polar surface area (TPSA) is 29.9 Å². The van der Waals surface area contributed by atoms with E-state index in [1.165, 1.54) is 22.5 Å². The Morgan fingerprint density at radius 2 is 1.89 bits per heavy atom. The number of halogens is 1. The highest BCUT2D eigenvalue weighted by Crippen LogP contribution is 2.28. The van der Waals surface area contributed by atoms with E-state index in [0.29, 0.717) is 0 Å². The Kier molecular flexibility index (Phi) is 3.76. The van der Waals surface area contributed by atoms with Crippen LogP contribution >= 0.6 is 15.9 Å². The van der Waals surface area contributed by atoms with Crippen LogP contribution in [0.25, 0.3) is 0 Å². The molecule has 0 fully saturated rings. The van der Waals surface area contributed by atoms with Gasteiger partial charge in [0.1, 0.15) is 0 Å². The second-order valence-electron chi connectivity index (χ2n) is 4.66. The van der Waals surface area contributed by atoms with Crippen LogP contribution in [-0.4, -0.2) is 9.78 Å². The lowest BCUT2D eigenvalue weighted by Crippen LogP contribution is -2.12. The molecule has 0 amide bonds. The first-order valence-corrected chi connectivity index (χ1v) is 6.79. The van der Waals surface area contributed by atoms with Gasteiger partial charge in [-0.05, 0) is 50.1 Å². The van der Waals surface area contributed by atoms with Gasteiger partial charge in [0.2, 0.25) is 0 Å². The van der Waals surface area contributed by atoms with Crippen LogP contribution in [0.3, 0.4) is 0 Å². The second kappa shape index (κ2) is 5.14. The average molecular weight is 308 g/mol. The van der Waals surface area contributed by atoms with Crippen LogP contribution in [0.1, 0.15) is 29.8 Å². The predicted molar refractivity (Wildman–Crippen MR) is 78.9 cm³/mol. The van der Waals surface area contributed by atoms with Crippen molar-refractivity contribution < 1.29 is 0 Å². The number of aryl methyl sites for hydroxylation is 3. The molecule has 1 unspecified atom stereocenters. The molecule has 0 spiro atoms. The van der Waals surface area contributed by atoms with Gasteiger partial charge in [0, 0.05) is 23.4 Å². The lowest BCUT2D eigenvalue weighted by Gasteiger charge is -2.19. The van der Waals surface area contributed by atoms with E-state index < -0.39 is 0 Å². The van der Waals surface area contributed by atoms with Crippen molar-refractivity contribution in [2.45, 2.75) is 26.8 Å². The summed E-state index contributed by atoms with van der Waals surface area (Å²) < 4.78 is 3.03. The highest BCUT2D eigenvalue weighted by atomic mass is 79.9. The largest absolute Gasteiger partial charge is 0.377 e. The van der Waals surface area contributed by atoms with E-state index in [2.05, 4.69) is 59.2 Å². The maximum atomic E-state index is 4.21. The number of nitrogens with zero attached hydrogens (tertiary/aromatic N) is 2. The van der Waals surface area contributed by atoms with Crippen molar-refractivity contribution in [1.29, 1.82) is 0 Å². The van der Waals surface area contributed by atoms with E-state index in [1.54, 1.807) is 0 Å². The summed E-state index contributed by atoms with van der Waals surface area (Å²) in [5, 5.41) is 7.77. The van der Waals surface area contributed by atoms with Crippen LogP contribution < -0.4 is 5.32 Å². The zero-order chi connectivity index (χ0) is 13.3. The zero-order valence-corrected chi connectivity index (χ0v) is 12.7. The molecule has 1 aromatic heterocycles. The Hall–Kier alpha value is -1.29. The minimum absolute atomic E-state index is 0.232. The minimum atomic E-state index is 0.232.